The number of hydrogen-bond acceptors (Lipinski definition) is 3. The van der Waals surface area contributed by atoms with Gasteiger partial charge in [0, 0.05) is 5.57 Å². The molecule has 0 rings (SSSR count). The second-order valence-corrected chi connectivity index (χ2v) is 2.88. The molecule has 0 aromatic heterocycles. The number of thioether (sulfide) groups is 1. The van der Waals surface area contributed by atoms with Gasteiger partial charge in [0.15, 0.2) is 0 Å². The van der Waals surface area contributed by atoms with E-state index in [0.717, 1.165) is 6.42 Å². The van der Waals surface area contributed by atoms with Crippen molar-refractivity contribution >= 4 is 17.7 Å². The molecule has 0 spiro atoms. The van der Waals surface area contributed by atoms with E-state index in [1.54, 1.807) is 12.3 Å². The zero-order valence-electron chi connectivity index (χ0n) is 7.22. The van der Waals surface area contributed by atoms with E-state index < -0.39 is 0 Å². The Balaban J connectivity index is 3.73. The molecule has 3 heteroatoms. The maximum atomic E-state index is 11.0. The second-order valence-electron chi connectivity index (χ2n) is 2.17. The van der Waals surface area contributed by atoms with Crippen molar-refractivity contribution in [1.82, 2.24) is 0 Å². The van der Waals surface area contributed by atoms with Crippen molar-refractivity contribution in [3.63, 3.8) is 0 Å². The summed E-state index contributed by atoms with van der Waals surface area (Å²) >= 11 is 1.51. The fourth-order valence-corrected chi connectivity index (χ4v) is 0.983. The minimum atomic E-state index is -0.207. The van der Waals surface area contributed by atoms with Crippen LogP contribution in [0.4, 0.5) is 0 Å². The van der Waals surface area contributed by atoms with Crippen molar-refractivity contribution in [2.75, 3.05) is 12.9 Å². The molecular formula is C8H14O2S. The van der Waals surface area contributed by atoms with Crippen molar-refractivity contribution in [3.8, 4) is 0 Å². The Morgan fingerprint density at radius 2 is 2.27 bits per heavy atom. The second kappa shape index (κ2) is 6.28. The Bertz CT molecular complexity index is 152. The van der Waals surface area contributed by atoms with Crippen LogP contribution in [0.2, 0.25) is 0 Å². The highest BCUT2D eigenvalue weighted by molar-refractivity contribution is 8.01. The van der Waals surface area contributed by atoms with Gasteiger partial charge in [0.05, 0.1) is 6.61 Å². The lowest BCUT2D eigenvalue weighted by Gasteiger charge is -2.01. The smallest absolute Gasteiger partial charge is 0.334 e. The lowest BCUT2D eigenvalue weighted by Crippen LogP contribution is -2.05. The van der Waals surface area contributed by atoms with E-state index in [1.165, 1.54) is 11.8 Å². The molecule has 64 valence electrons. The highest BCUT2D eigenvalue weighted by atomic mass is 32.2. The molecule has 0 fully saturated rings. The first kappa shape index (κ1) is 10.6. The van der Waals surface area contributed by atoms with Crippen LogP contribution in [0.3, 0.4) is 0 Å². The van der Waals surface area contributed by atoms with Gasteiger partial charge in [-0.2, -0.15) is 0 Å². The normalized spacial score (nSPS) is 11.4. The fourth-order valence-electron chi connectivity index (χ4n) is 0.533. The predicted molar refractivity (Wildman–Crippen MR) is 48.5 cm³/mol. The van der Waals surface area contributed by atoms with Gasteiger partial charge in [-0.3, -0.25) is 0 Å². The number of hydrogen-bond donors (Lipinski definition) is 0. The number of esters is 1. The lowest BCUT2D eigenvalue weighted by molar-refractivity contribution is -0.138. The van der Waals surface area contributed by atoms with Gasteiger partial charge in [0.1, 0.15) is 0 Å². The third-order valence-electron chi connectivity index (χ3n) is 1.05. The molecule has 0 aliphatic carbocycles. The Morgan fingerprint density at radius 1 is 1.64 bits per heavy atom. The summed E-state index contributed by atoms with van der Waals surface area (Å²) in [5.74, 6) is -0.207. The van der Waals surface area contributed by atoms with E-state index in [1.807, 2.05) is 13.2 Å². The number of ether oxygens (including phenoxy) is 1. The first-order valence-corrected chi connectivity index (χ1v) is 4.87. The molecule has 0 amide bonds. The highest BCUT2D eigenvalue weighted by Gasteiger charge is 2.02. The molecule has 0 aromatic rings. The Morgan fingerprint density at radius 3 is 2.73 bits per heavy atom. The van der Waals surface area contributed by atoms with E-state index >= 15 is 0 Å². The molecular weight excluding hydrogens is 160 g/mol. The highest BCUT2D eigenvalue weighted by Crippen LogP contribution is 2.04. The van der Waals surface area contributed by atoms with Crippen LogP contribution in [0.25, 0.3) is 0 Å². The molecule has 0 radical (unpaired) electrons. The standard InChI is InChI=1S/C8H14O2S/c1-4-5-10-8(9)7(2)6-11-3/h6H,4-5H2,1-3H3. The maximum absolute atomic E-state index is 11.0. The molecule has 0 atom stereocenters. The average Bonchev–Trinajstić information content (AvgIpc) is 2.00. The molecule has 0 saturated carbocycles. The van der Waals surface area contributed by atoms with E-state index in [9.17, 15) is 4.79 Å². The van der Waals surface area contributed by atoms with Crippen LogP contribution in [-0.4, -0.2) is 18.8 Å². The summed E-state index contributed by atoms with van der Waals surface area (Å²) in [5.41, 5.74) is 0.672. The summed E-state index contributed by atoms with van der Waals surface area (Å²) in [4.78, 5) is 11.0. The van der Waals surface area contributed by atoms with Crippen LogP contribution in [0.1, 0.15) is 20.3 Å². The quantitative estimate of drug-likeness (QED) is 0.483. The molecule has 11 heavy (non-hydrogen) atoms. The summed E-state index contributed by atoms with van der Waals surface area (Å²) in [6, 6.07) is 0. The van der Waals surface area contributed by atoms with Gasteiger partial charge in [-0.05, 0) is 25.0 Å². The zero-order valence-corrected chi connectivity index (χ0v) is 8.03. The Kier molecular flexibility index (Phi) is 6.03. The van der Waals surface area contributed by atoms with Crippen molar-refractivity contribution in [2.24, 2.45) is 0 Å². The topological polar surface area (TPSA) is 26.3 Å². The van der Waals surface area contributed by atoms with E-state index in [2.05, 4.69) is 0 Å². The monoisotopic (exact) mass is 174 g/mol. The first-order valence-electron chi connectivity index (χ1n) is 3.59. The lowest BCUT2D eigenvalue weighted by atomic mass is 10.4. The summed E-state index contributed by atoms with van der Waals surface area (Å²) in [7, 11) is 0. The maximum Gasteiger partial charge on any atom is 0.334 e. The van der Waals surface area contributed by atoms with Gasteiger partial charge in [-0.25, -0.2) is 4.79 Å². The molecule has 0 aliphatic rings. The van der Waals surface area contributed by atoms with Crippen molar-refractivity contribution in [3.05, 3.63) is 11.0 Å². The zero-order chi connectivity index (χ0) is 8.69. The summed E-state index contributed by atoms with van der Waals surface area (Å²) in [5, 5.41) is 1.79. The Hall–Kier alpha value is -0.440. The fraction of sp³-hybridized carbons (Fsp3) is 0.625. The van der Waals surface area contributed by atoms with Gasteiger partial charge in [0.25, 0.3) is 0 Å². The third-order valence-corrected chi connectivity index (χ3v) is 1.64. The van der Waals surface area contributed by atoms with Crippen molar-refractivity contribution in [2.45, 2.75) is 20.3 Å². The van der Waals surface area contributed by atoms with Crippen molar-refractivity contribution < 1.29 is 9.53 Å². The van der Waals surface area contributed by atoms with Gasteiger partial charge >= 0.3 is 5.97 Å². The van der Waals surface area contributed by atoms with E-state index in [-0.39, 0.29) is 5.97 Å². The van der Waals surface area contributed by atoms with Crippen molar-refractivity contribution in [1.29, 1.82) is 0 Å². The number of carbonyl (C=O) groups is 1. The largest absolute Gasteiger partial charge is 0.462 e. The minimum Gasteiger partial charge on any atom is -0.462 e. The van der Waals surface area contributed by atoms with Crippen LogP contribution in [0, 0.1) is 0 Å². The minimum absolute atomic E-state index is 0.207. The molecule has 0 heterocycles. The van der Waals surface area contributed by atoms with Gasteiger partial charge in [-0.1, -0.05) is 6.92 Å². The molecule has 0 saturated heterocycles. The van der Waals surface area contributed by atoms with Gasteiger partial charge in [-0.15, -0.1) is 11.8 Å². The van der Waals surface area contributed by atoms with Gasteiger partial charge < -0.3 is 4.74 Å². The Labute approximate surface area is 72.0 Å². The number of carbonyl (C=O) groups excluding carboxylic acids is 1. The van der Waals surface area contributed by atoms with E-state index in [0.29, 0.717) is 12.2 Å². The molecule has 0 bridgehead atoms. The van der Waals surface area contributed by atoms with E-state index in [4.69, 9.17) is 4.74 Å². The third kappa shape index (κ3) is 4.90. The SMILES string of the molecule is CCCOC(=O)C(C)=CSC. The average molecular weight is 174 g/mol. The van der Waals surface area contributed by atoms with Crippen LogP contribution < -0.4 is 0 Å². The summed E-state index contributed by atoms with van der Waals surface area (Å²) in [6.45, 7) is 4.24. The summed E-state index contributed by atoms with van der Waals surface area (Å²) < 4.78 is 4.88. The molecule has 0 N–H and O–H groups in total. The van der Waals surface area contributed by atoms with Crippen LogP contribution in [0.5, 0.6) is 0 Å². The molecule has 0 aliphatic heterocycles. The number of rotatable bonds is 4. The van der Waals surface area contributed by atoms with Crippen LogP contribution in [-0.2, 0) is 9.53 Å². The van der Waals surface area contributed by atoms with Crippen LogP contribution in [0.15, 0.2) is 11.0 Å². The molecule has 2 nitrogen and oxygen atoms in total. The van der Waals surface area contributed by atoms with Crippen LogP contribution >= 0.6 is 11.8 Å². The molecule has 0 aromatic carbocycles. The summed E-state index contributed by atoms with van der Waals surface area (Å²) in [6.07, 6.45) is 2.79. The molecule has 0 unspecified atom stereocenters. The predicted octanol–water partition coefficient (Wildman–Crippen LogP) is 2.21. The first-order chi connectivity index (χ1) is 5.22. The van der Waals surface area contributed by atoms with Gasteiger partial charge in [0.2, 0.25) is 0 Å².